The van der Waals surface area contributed by atoms with E-state index in [4.69, 9.17) is 5.11 Å². The number of hydrogen-bond acceptors (Lipinski definition) is 5. The van der Waals surface area contributed by atoms with Crippen LogP contribution in [0.3, 0.4) is 0 Å². The van der Waals surface area contributed by atoms with Crippen molar-refractivity contribution in [2.75, 3.05) is 13.1 Å². The lowest BCUT2D eigenvalue weighted by molar-refractivity contribution is -0.139. The number of carbonyl (C=O) groups is 2. The van der Waals surface area contributed by atoms with E-state index in [1.54, 1.807) is 17.1 Å². The van der Waals surface area contributed by atoms with Crippen LogP contribution in [0.2, 0.25) is 0 Å². The van der Waals surface area contributed by atoms with Crippen LogP contribution in [0.4, 0.5) is 0 Å². The van der Waals surface area contributed by atoms with Gasteiger partial charge in [0, 0.05) is 17.6 Å². The van der Waals surface area contributed by atoms with E-state index < -0.39 is 5.97 Å². The topological polar surface area (TPSA) is 100 Å². The number of carboxylic acid groups (broad SMARTS) is 1. The number of aromatic nitrogens is 3. The highest BCUT2D eigenvalue weighted by Gasteiger charge is 2.34. The van der Waals surface area contributed by atoms with Crippen LogP contribution < -0.4 is 5.32 Å². The van der Waals surface area contributed by atoms with Crippen molar-refractivity contribution in [3.63, 3.8) is 0 Å². The van der Waals surface area contributed by atoms with Crippen LogP contribution in [0, 0.1) is 6.92 Å². The first kappa shape index (κ1) is 18.1. The minimum atomic E-state index is -0.817. The molecule has 0 saturated heterocycles. The summed E-state index contributed by atoms with van der Waals surface area (Å²) in [6.07, 6.45) is 4.65. The number of hydrogen-bond donors (Lipinski definition) is 2. The van der Waals surface area contributed by atoms with Gasteiger partial charge in [0.2, 0.25) is 0 Å². The Balaban J connectivity index is 1.56. The molecule has 0 atom stereocenters. The number of likely N-dealkylation sites (N-methyl/N-ethyl adjacent to an activating group) is 1. The first-order valence-corrected chi connectivity index (χ1v) is 8.70. The third kappa shape index (κ3) is 3.91. The van der Waals surface area contributed by atoms with Crippen molar-refractivity contribution in [3.05, 3.63) is 42.0 Å². The van der Waals surface area contributed by atoms with Gasteiger partial charge in [-0.2, -0.15) is 5.10 Å². The summed E-state index contributed by atoms with van der Waals surface area (Å²) in [5.41, 5.74) is 2.43. The van der Waals surface area contributed by atoms with E-state index in [-0.39, 0.29) is 24.5 Å². The van der Waals surface area contributed by atoms with Gasteiger partial charge in [0.15, 0.2) is 0 Å². The van der Waals surface area contributed by atoms with E-state index in [2.05, 4.69) is 15.4 Å². The van der Waals surface area contributed by atoms with Crippen LogP contribution in [0.1, 0.15) is 35.7 Å². The molecule has 0 radical (unpaired) electrons. The summed E-state index contributed by atoms with van der Waals surface area (Å²) in [6.45, 7) is 4.62. The van der Waals surface area contributed by atoms with Gasteiger partial charge in [0.05, 0.1) is 12.2 Å². The van der Waals surface area contributed by atoms with Crippen molar-refractivity contribution in [2.24, 2.45) is 0 Å². The average molecular weight is 357 g/mol. The lowest BCUT2D eigenvalue weighted by Gasteiger charge is -2.42. The fourth-order valence-corrected chi connectivity index (χ4v) is 3.33. The van der Waals surface area contributed by atoms with Crippen molar-refractivity contribution in [1.29, 1.82) is 0 Å². The van der Waals surface area contributed by atoms with Crippen molar-refractivity contribution in [2.45, 2.75) is 38.8 Å². The van der Waals surface area contributed by atoms with Crippen LogP contribution in [-0.4, -0.2) is 61.8 Å². The molecule has 0 unspecified atom stereocenters. The van der Waals surface area contributed by atoms with Gasteiger partial charge in [-0.15, -0.1) is 0 Å². The third-order valence-corrected chi connectivity index (χ3v) is 4.83. The first-order valence-electron chi connectivity index (χ1n) is 8.70. The van der Waals surface area contributed by atoms with Gasteiger partial charge in [-0.3, -0.25) is 14.5 Å². The van der Waals surface area contributed by atoms with E-state index in [0.29, 0.717) is 12.1 Å². The number of amides is 1. The molecule has 1 aliphatic rings. The average Bonchev–Trinajstić information content (AvgIpc) is 3.09. The zero-order chi connectivity index (χ0) is 18.7. The van der Waals surface area contributed by atoms with Crippen molar-refractivity contribution in [1.82, 2.24) is 25.0 Å². The quantitative estimate of drug-likeness (QED) is 0.773. The Kier molecular flexibility index (Phi) is 5.32. The Bertz CT molecular complexity index is 784. The van der Waals surface area contributed by atoms with Crippen LogP contribution in [0.5, 0.6) is 0 Å². The molecular formula is C18H23N5O3. The molecule has 2 aromatic rings. The lowest BCUT2D eigenvalue weighted by atomic mass is 9.85. The van der Waals surface area contributed by atoms with E-state index in [9.17, 15) is 9.59 Å². The Hall–Kier alpha value is -2.74. The van der Waals surface area contributed by atoms with Crippen molar-refractivity contribution in [3.8, 4) is 5.69 Å². The molecule has 1 amide bonds. The molecule has 0 aliphatic heterocycles. The molecular weight excluding hydrogens is 334 g/mol. The predicted octanol–water partition coefficient (Wildman–Crippen LogP) is 1.24. The number of nitrogens with zero attached hydrogens (tertiary/aromatic N) is 4. The molecule has 0 spiro atoms. The third-order valence-electron chi connectivity index (χ3n) is 4.83. The molecule has 1 heterocycles. The van der Waals surface area contributed by atoms with Gasteiger partial charge in [0.25, 0.3) is 5.91 Å². The number of rotatable bonds is 7. The summed E-state index contributed by atoms with van der Waals surface area (Å²) >= 11 is 0. The maximum absolute atomic E-state index is 12.5. The largest absolute Gasteiger partial charge is 0.480 e. The minimum absolute atomic E-state index is 0.0464. The van der Waals surface area contributed by atoms with Crippen LogP contribution in [-0.2, 0) is 4.79 Å². The number of carbonyl (C=O) groups excluding carboxylic acids is 1. The minimum Gasteiger partial charge on any atom is -0.480 e. The second-order valence-corrected chi connectivity index (χ2v) is 6.59. The highest BCUT2D eigenvalue weighted by atomic mass is 16.4. The molecule has 1 aromatic heterocycles. The van der Waals surface area contributed by atoms with Gasteiger partial charge in [-0.1, -0.05) is 6.92 Å². The number of benzene rings is 1. The molecule has 0 bridgehead atoms. The molecule has 26 heavy (non-hydrogen) atoms. The van der Waals surface area contributed by atoms with Crippen LogP contribution in [0.25, 0.3) is 5.69 Å². The Morgan fingerprint density at radius 1 is 1.38 bits per heavy atom. The second kappa shape index (κ2) is 7.65. The number of carboxylic acids is 1. The fourth-order valence-electron chi connectivity index (χ4n) is 3.33. The lowest BCUT2D eigenvalue weighted by Crippen LogP contribution is -2.54. The molecule has 1 aromatic carbocycles. The Morgan fingerprint density at radius 3 is 2.73 bits per heavy atom. The molecule has 8 heteroatoms. The summed E-state index contributed by atoms with van der Waals surface area (Å²) in [7, 11) is 0. The molecule has 8 nitrogen and oxygen atoms in total. The number of aryl methyl sites for hydroxylation is 1. The molecule has 3 rings (SSSR count). The second-order valence-electron chi connectivity index (χ2n) is 6.59. The van der Waals surface area contributed by atoms with Crippen molar-refractivity contribution >= 4 is 11.9 Å². The van der Waals surface area contributed by atoms with E-state index in [1.807, 2.05) is 30.9 Å². The summed E-state index contributed by atoms with van der Waals surface area (Å²) in [6, 6.07) is 5.78. The molecule has 2 N–H and O–H groups in total. The SMILES string of the molecule is CCN(CC(=O)O)C1CC(NC(=O)c2ccc(-n3cncn3)c(C)c2)C1. The molecule has 1 aliphatic carbocycles. The summed E-state index contributed by atoms with van der Waals surface area (Å²) in [5, 5.41) is 16.1. The zero-order valence-corrected chi connectivity index (χ0v) is 14.9. The van der Waals surface area contributed by atoms with E-state index >= 15 is 0 Å². The van der Waals surface area contributed by atoms with Gasteiger partial charge >= 0.3 is 5.97 Å². The van der Waals surface area contributed by atoms with Gasteiger partial charge in [-0.25, -0.2) is 9.67 Å². The summed E-state index contributed by atoms with van der Waals surface area (Å²) in [5.74, 6) is -0.926. The highest BCUT2D eigenvalue weighted by Crippen LogP contribution is 2.26. The van der Waals surface area contributed by atoms with E-state index in [0.717, 1.165) is 24.1 Å². The van der Waals surface area contributed by atoms with Crippen LogP contribution in [0.15, 0.2) is 30.9 Å². The molecule has 1 saturated carbocycles. The Morgan fingerprint density at radius 2 is 2.15 bits per heavy atom. The van der Waals surface area contributed by atoms with Crippen molar-refractivity contribution < 1.29 is 14.7 Å². The fraction of sp³-hybridized carbons (Fsp3) is 0.444. The van der Waals surface area contributed by atoms with Gasteiger partial charge in [-0.05, 0) is 50.1 Å². The van der Waals surface area contributed by atoms with Crippen LogP contribution >= 0.6 is 0 Å². The smallest absolute Gasteiger partial charge is 0.317 e. The maximum Gasteiger partial charge on any atom is 0.317 e. The normalized spacial score (nSPS) is 19.2. The number of aliphatic carboxylic acids is 1. The monoisotopic (exact) mass is 357 g/mol. The standard InChI is InChI=1S/C18H23N5O3/c1-3-22(9-17(24)25)15-7-14(8-15)21-18(26)13-4-5-16(12(2)6-13)23-11-19-10-20-23/h4-6,10-11,14-15H,3,7-9H2,1-2H3,(H,21,26)(H,24,25). The summed E-state index contributed by atoms with van der Waals surface area (Å²) < 4.78 is 1.66. The van der Waals surface area contributed by atoms with E-state index in [1.165, 1.54) is 6.33 Å². The highest BCUT2D eigenvalue weighted by molar-refractivity contribution is 5.95. The van der Waals surface area contributed by atoms with Gasteiger partial charge in [0.1, 0.15) is 12.7 Å². The summed E-state index contributed by atoms with van der Waals surface area (Å²) in [4.78, 5) is 29.2. The predicted molar refractivity (Wildman–Crippen MR) is 95.3 cm³/mol. The molecule has 138 valence electrons. The van der Waals surface area contributed by atoms with Gasteiger partial charge < -0.3 is 10.4 Å². The Labute approximate surface area is 151 Å². The zero-order valence-electron chi connectivity index (χ0n) is 14.9. The molecule has 1 fully saturated rings. The number of nitrogens with one attached hydrogen (secondary N) is 1. The first-order chi connectivity index (χ1) is 12.5. The maximum atomic E-state index is 12.5.